The first kappa shape index (κ1) is 13.5. The molecule has 1 aliphatic rings. The minimum absolute atomic E-state index is 0.124. The Morgan fingerprint density at radius 2 is 2.11 bits per heavy atom. The second kappa shape index (κ2) is 6.33. The molecule has 19 heavy (non-hydrogen) atoms. The standard InChI is InChI=1S/C15H19N3O/c16-12-15(7-3-1-2-4-8-15)14(19)18-11-13-6-5-9-17-10-13/h5-6,9-10H,1-4,7-8,11H2,(H,18,19). The van der Waals surface area contributed by atoms with Gasteiger partial charge in [-0.25, -0.2) is 0 Å². The van der Waals surface area contributed by atoms with Crippen LogP contribution in [-0.2, 0) is 11.3 Å². The van der Waals surface area contributed by atoms with Gasteiger partial charge in [0.1, 0.15) is 5.41 Å². The lowest BCUT2D eigenvalue weighted by atomic mass is 9.81. The van der Waals surface area contributed by atoms with Crippen molar-refractivity contribution in [3.05, 3.63) is 30.1 Å². The summed E-state index contributed by atoms with van der Waals surface area (Å²) in [5, 5.41) is 12.3. The summed E-state index contributed by atoms with van der Waals surface area (Å²) in [5.74, 6) is -0.124. The molecule has 1 aromatic heterocycles. The summed E-state index contributed by atoms with van der Waals surface area (Å²) >= 11 is 0. The number of hydrogen-bond acceptors (Lipinski definition) is 3. The van der Waals surface area contributed by atoms with Crippen molar-refractivity contribution in [3.8, 4) is 6.07 Å². The van der Waals surface area contributed by atoms with Gasteiger partial charge in [-0.15, -0.1) is 0 Å². The maximum atomic E-state index is 12.3. The molecule has 1 fully saturated rings. The molecule has 4 nitrogen and oxygen atoms in total. The van der Waals surface area contributed by atoms with Gasteiger partial charge < -0.3 is 5.32 Å². The molecule has 1 aromatic rings. The minimum atomic E-state index is -0.821. The fraction of sp³-hybridized carbons (Fsp3) is 0.533. The normalized spacial score (nSPS) is 18.1. The van der Waals surface area contributed by atoms with Gasteiger partial charge in [-0.2, -0.15) is 5.26 Å². The smallest absolute Gasteiger partial charge is 0.240 e. The van der Waals surface area contributed by atoms with Crippen LogP contribution < -0.4 is 5.32 Å². The summed E-state index contributed by atoms with van der Waals surface area (Å²) in [4.78, 5) is 16.3. The number of aromatic nitrogens is 1. The highest BCUT2D eigenvalue weighted by molar-refractivity contribution is 5.85. The maximum absolute atomic E-state index is 12.3. The van der Waals surface area contributed by atoms with Crippen LogP contribution in [0.3, 0.4) is 0 Å². The average Bonchev–Trinajstić information content (AvgIpc) is 2.72. The molecule has 2 rings (SSSR count). The number of carbonyl (C=O) groups excluding carboxylic acids is 1. The van der Waals surface area contributed by atoms with Crippen molar-refractivity contribution in [2.45, 2.75) is 45.1 Å². The van der Waals surface area contributed by atoms with Gasteiger partial charge in [-0.1, -0.05) is 31.7 Å². The number of amides is 1. The van der Waals surface area contributed by atoms with Crippen molar-refractivity contribution >= 4 is 5.91 Å². The summed E-state index contributed by atoms with van der Waals surface area (Å²) in [6.45, 7) is 0.441. The fourth-order valence-corrected chi connectivity index (χ4v) is 2.58. The van der Waals surface area contributed by atoms with Crippen LogP contribution >= 0.6 is 0 Å². The van der Waals surface area contributed by atoms with E-state index < -0.39 is 5.41 Å². The monoisotopic (exact) mass is 257 g/mol. The molecule has 1 N–H and O–H groups in total. The summed E-state index contributed by atoms with van der Waals surface area (Å²) in [6.07, 6.45) is 8.98. The van der Waals surface area contributed by atoms with Gasteiger partial charge in [0.05, 0.1) is 6.07 Å². The molecule has 1 heterocycles. The number of pyridine rings is 1. The molecule has 0 spiro atoms. The van der Waals surface area contributed by atoms with E-state index in [1.807, 2.05) is 12.1 Å². The summed E-state index contributed by atoms with van der Waals surface area (Å²) < 4.78 is 0. The molecule has 1 amide bonds. The van der Waals surface area contributed by atoms with E-state index in [4.69, 9.17) is 0 Å². The van der Waals surface area contributed by atoms with Crippen LogP contribution in [-0.4, -0.2) is 10.9 Å². The molecular weight excluding hydrogens is 238 g/mol. The van der Waals surface area contributed by atoms with Crippen molar-refractivity contribution in [1.29, 1.82) is 5.26 Å². The first-order chi connectivity index (χ1) is 9.27. The van der Waals surface area contributed by atoms with Crippen molar-refractivity contribution in [2.75, 3.05) is 0 Å². The van der Waals surface area contributed by atoms with E-state index in [0.717, 1.165) is 31.2 Å². The third kappa shape index (κ3) is 3.31. The Morgan fingerprint density at radius 3 is 2.68 bits per heavy atom. The van der Waals surface area contributed by atoms with E-state index in [9.17, 15) is 10.1 Å². The minimum Gasteiger partial charge on any atom is -0.351 e. The highest BCUT2D eigenvalue weighted by Gasteiger charge is 2.38. The maximum Gasteiger partial charge on any atom is 0.240 e. The van der Waals surface area contributed by atoms with Crippen LogP contribution in [0.2, 0.25) is 0 Å². The number of carbonyl (C=O) groups is 1. The molecule has 0 atom stereocenters. The van der Waals surface area contributed by atoms with Crippen LogP contribution in [0, 0.1) is 16.7 Å². The lowest BCUT2D eigenvalue weighted by Gasteiger charge is -2.23. The number of hydrogen-bond donors (Lipinski definition) is 1. The fourth-order valence-electron chi connectivity index (χ4n) is 2.58. The second-order valence-electron chi connectivity index (χ2n) is 5.15. The zero-order valence-electron chi connectivity index (χ0n) is 11.1. The summed E-state index contributed by atoms with van der Waals surface area (Å²) in [7, 11) is 0. The van der Waals surface area contributed by atoms with Crippen molar-refractivity contribution in [1.82, 2.24) is 10.3 Å². The van der Waals surface area contributed by atoms with Gasteiger partial charge >= 0.3 is 0 Å². The van der Waals surface area contributed by atoms with Crippen LogP contribution in [0.1, 0.15) is 44.1 Å². The van der Waals surface area contributed by atoms with Gasteiger partial charge in [0, 0.05) is 18.9 Å². The second-order valence-corrected chi connectivity index (χ2v) is 5.15. The van der Waals surface area contributed by atoms with Crippen LogP contribution in [0.4, 0.5) is 0 Å². The zero-order valence-corrected chi connectivity index (χ0v) is 11.1. The molecule has 1 saturated carbocycles. The number of rotatable bonds is 3. The molecule has 0 aromatic carbocycles. The van der Waals surface area contributed by atoms with E-state index in [0.29, 0.717) is 19.4 Å². The van der Waals surface area contributed by atoms with Crippen molar-refractivity contribution in [3.63, 3.8) is 0 Å². The predicted molar refractivity (Wildman–Crippen MR) is 71.8 cm³/mol. The Labute approximate surface area is 113 Å². The Kier molecular flexibility index (Phi) is 4.51. The van der Waals surface area contributed by atoms with E-state index in [-0.39, 0.29) is 5.91 Å². The lowest BCUT2D eigenvalue weighted by Crippen LogP contribution is -2.39. The van der Waals surface area contributed by atoms with E-state index in [1.54, 1.807) is 12.4 Å². The summed E-state index contributed by atoms with van der Waals surface area (Å²) in [6, 6.07) is 6.02. The van der Waals surface area contributed by atoms with E-state index in [2.05, 4.69) is 16.4 Å². The highest BCUT2D eigenvalue weighted by atomic mass is 16.2. The van der Waals surface area contributed by atoms with Gasteiger partial charge in [0.15, 0.2) is 0 Å². The van der Waals surface area contributed by atoms with E-state index in [1.165, 1.54) is 0 Å². The van der Waals surface area contributed by atoms with Gasteiger partial charge in [0.25, 0.3) is 0 Å². The third-order valence-electron chi connectivity index (χ3n) is 3.78. The quantitative estimate of drug-likeness (QED) is 0.846. The first-order valence-corrected chi connectivity index (χ1v) is 6.85. The average molecular weight is 257 g/mol. The Morgan fingerprint density at radius 1 is 1.37 bits per heavy atom. The zero-order chi connectivity index (χ0) is 13.6. The Bertz CT molecular complexity index is 456. The van der Waals surface area contributed by atoms with E-state index >= 15 is 0 Å². The predicted octanol–water partition coefficient (Wildman–Crippen LogP) is 2.56. The number of nitrogens with zero attached hydrogens (tertiary/aromatic N) is 2. The Hall–Kier alpha value is -1.89. The molecule has 100 valence electrons. The van der Waals surface area contributed by atoms with Gasteiger partial charge in [-0.05, 0) is 24.5 Å². The van der Waals surface area contributed by atoms with Crippen LogP contribution in [0.5, 0.6) is 0 Å². The molecular formula is C15H19N3O. The van der Waals surface area contributed by atoms with Gasteiger partial charge in [0.2, 0.25) is 5.91 Å². The molecule has 0 aliphatic heterocycles. The topological polar surface area (TPSA) is 65.8 Å². The molecule has 0 saturated heterocycles. The van der Waals surface area contributed by atoms with Crippen LogP contribution in [0.25, 0.3) is 0 Å². The molecule has 0 bridgehead atoms. The summed E-state index contributed by atoms with van der Waals surface area (Å²) in [5.41, 5.74) is 0.135. The van der Waals surface area contributed by atoms with Crippen molar-refractivity contribution in [2.24, 2.45) is 5.41 Å². The number of nitrogens with one attached hydrogen (secondary N) is 1. The lowest BCUT2D eigenvalue weighted by molar-refractivity contribution is -0.129. The Balaban J connectivity index is 1.99. The molecule has 1 aliphatic carbocycles. The largest absolute Gasteiger partial charge is 0.351 e. The third-order valence-corrected chi connectivity index (χ3v) is 3.78. The first-order valence-electron chi connectivity index (χ1n) is 6.85. The molecule has 0 radical (unpaired) electrons. The van der Waals surface area contributed by atoms with Crippen LogP contribution in [0.15, 0.2) is 24.5 Å². The number of nitriles is 1. The van der Waals surface area contributed by atoms with Gasteiger partial charge in [-0.3, -0.25) is 9.78 Å². The highest BCUT2D eigenvalue weighted by Crippen LogP contribution is 2.34. The molecule has 0 unspecified atom stereocenters. The molecule has 4 heteroatoms. The van der Waals surface area contributed by atoms with Crippen molar-refractivity contribution < 1.29 is 4.79 Å². The SMILES string of the molecule is N#CC1(C(=O)NCc2cccnc2)CCCCCC1.